The SMILES string of the molecule is O=C(c1ccccc1)[C@H]1CCCN([C@@H]2CCN(c3ccc(F)cc3)C2)C1. The molecule has 2 aromatic carbocycles. The number of carbonyl (C=O) groups excluding carboxylic acids is 1. The second-order valence-electron chi connectivity index (χ2n) is 7.43. The Labute approximate surface area is 154 Å². The van der Waals surface area contributed by atoms with Crippen LogP contribution in [0.2, 0.25) is 0 Å². The van der Waals surface area contributed by atoms with E-state index < -0.39 is 0 Å². The van der Waals surface area contributed by atoms with E-state index in [1.807, 2.05) is 42.5 Å². The van der Waals surface area contributed by atoms with Crippen molar-refractivity contribution in [2.24, 2.45) is 5.92 Å². The van der Waals surface area contributed by atoms with Gasteiger partial charge in [-0.1, -0.05) is 30.3 Å². The number of ketones is 1. The topological polar surface area (TPSA) is 23.6 Å². The van der Waals surface area contributed by atoms with Gasteiger partial charge in [0.05, 0.1) is 0 Å². The molecule has 0 aromatic heterocycles. The number of halogens is 1. The van der Waals surface area contributed by atoms with Crippen molar-refractivity contribution in [2.45, 2.75) is 25.3 Å². The minimum absolute atomic E-state index is 0.103. The molecule has 0 saturated carbocycles. The summed E-state index contributed by atoms with van der Waals surface area (Å²) in [6.07, 6.45) is 3.17. The van der Waals surface area contributed by atoms with Crippen molar-refractivity contribution in [1.82, 2.24) is 4.90 Å². The van der Waals surface area contributed by atoms with Gasteiger partial charge >= 0.3 is 0 Å². The summed E-state index contributed by atoms with van der Waals surface area (Å²) in [4.78, 5) is 17.6. The summed E-state index contributed by atoms with van der Waals surface area (Å²) in [6, 6.07) is 16.9. The smallest absolute Gasteiger partial charge is 0.167 e. The third-order valence-corrected chi connectivity index (χ3v) is 5.75. The molecular formula is C22H25FN2O. The van der Waals surface area contributed by atoms with Crippen molar-refractivity contribution in [3.63, 3.8) is 0 Å². The maximum atomic E-state index is 13.1. The quantitative estimate of drug-likeness (QED) is 0.777. The Balaban J connectivity index is 1.39. The number of likely N-dealkylation sites (tertiary alicyclic amines) is 1. The van der Waals surface area contributed by atoms with Gasteiger partial charge in [0.25, 0.3) is 0 Å². The molecule has 2 aliphatic rings. The highest BCUT2D eigenvalue weighted by molar-refractivity contribution is 5.98. The molecule has 0 unspecified atom stereocenters. The van der Waals surface area contributed by atoms with Gasteiger partial charge < -0.3 is 4.90 Å². The number of Topliss-reactive ketones (excluding diaryl/α,β-unsaturated/α-hetero) is 1. The number of hydrogen-bond acceptors (Lipinski definition) is 3. The molecule has 2 aromatic rings. The molecule has 2 saturated heterocycles. The van der Waals surface area contributed by atoms with Crippen molar-refractivity contribution < 1.29 is 9.18 Å². The molecule has 0 N–H and O–H groups in total. The Morgan fingerprint density at radius 1 is 0.923 bits per heavy atom. The number of piperidine rings is 1. The largest absolute Gasteiger partial charge is 0.370 e. The lowest BCUT2D eigenvalue weighted by Crippen LogP contribution is -2.45. The standard InChI is InChI=1S/C22H25FN2O/c23-19-8-10-20(11-9-19)25-14-12-21(16-25)24-13-4-7-18(15-24)22(26)17-5-2-1-3-6-17/h1-3,5-6,8-11,18,21H,4,7,12-16H2/t18-,21+/m0/s1. The lowest BCUT2D eigenvalue weighted by Gasteiger charge is -2.36. The number of nitrogens with zero attached hydrogens (tertiary/aromatic N) is 2. The van der Waals surface area contributed by atoms with E-state index >= 15 is 0 Å². The molecule has 0 aliphatic carbocycles. The average Bonchev–Trinajstić information content (AvgIpc) is 3.19. The monoisotopic (exact) mass is 352 g/mol. The highest BCUT2D eigenvalue weighted by Crippen LogP contribution is 2.28. The predicted molar refractivity (Wildman–Crippen MR) is 102 cm³/mol. The van der Waals surface area contributed by atoms with Crippen LogP contribution < -0.4 is 4.90 Å². The van der Waals surface area contributed by atoms with E-state index in [-0.39, 0.29) is 17.5 Å². The molecule has 4 heteroatoms. The highest BCUT2D eigenvalue weighted by atomic mass is 19.1. The molecule has 0 amide bonds. The number of rotatable bonds is 4. The van der Waals surface area contributed by atoms with Crippen LogP contribution >= 0.6 is 0 Å². The Kier molecular flexibility index (Phi) is 5.02. The molecule has 2 heterocycles. The van der Waals surface area contributed by atoms with Gasteiger partial charge in [0.15, 0.2) is 5.78 Å². The average molecular weight is 352 g/mol. The summed E-state index contributed by atoms with van der Waals surface area (Å²) in [6.45, 7) is 3.87. The van der Waals surface area contributed by atoms with Crippen LogP contribution in [-0.4, -0.2) is 42.9 Å². The van der Waals surface area contributed by atoms with Crippen LogP contribution in [0.25, 0.3) is 0 Å². The zero-order valence-corrected chi connectivity index (χ0v) is 15.0. The van der Waals surface area contributed by atoms with Crippen molar-refractivity contribution in [2.75, 3.05) is 31.1 Å². The summed E-state index contributed by atoms with van der Waals surface area (Å²) < 4.78 is 13.1. The third-order valence-electron chi connectivity index (χ3n) is 5.75. The fourth-order valence-corrected chi connectivity index (χ4v) is 4.32. The summed E-state index contributed by atoms with van der Waals surface area (Å²) in [5.41, 5.74) is 1.92. The molecule has 2 atom stereocenters. The van der Waals surface area contributed by atoms with Gasteiger partial charge in [0.2, 0.25) is 0 Å². The molecular weight excluding hydrogens is 327 g/mol. The number of hydrogen-bond donors (Lipinski definition) is 0. The van der Waals surface area contributed by atoms with Crippen LogP contribution in [-0.2, 0) is 0 Å². The summed E-state index contributed by atoms with van der Waals surface area (Å²) in [5.74, 6) is 0.192. The second-order valence-corrected chi connectivity index (χ2v) is 7.43. The first-order valence-corrected chi connectivity index (χ1v) is 9.54. The third kappa shape index (κ3) is 3.65. The minimum Gasteiger partial charge on any atom is -0.370 e. The molecule has 26 heavy (non-hydrogen) atoms. The number of carbonyl (C=O) groups is 1. The lowest BCUT2D eigenvalue weighted by atomic mass is 9.89. The number of anilines is 1. The van der Waals surface area contributed by atoms with Gasteiger partial charge in [-0.05, 0) is 50.1 Å². The van der Waals surface area contributed by atoms with Gasteiger partial charge in [-0.3, -0.25) is 9.69 Å². The van der Waals surface area contributed by atoms with Gasteiger partial charge in [-0.2, -0.15) is 0 Å². The van der Waals surface area contributed by atoms with E-state index in [9.17, 15) is 9.18 Å². The Morgan fingerprint density at radius 2 is 1.69 bits per heavy atom. The predicted octanol–water partition coefficient (Wildman–Crippen LogP) is 4.00. The van der Waals surface area contributed by atoms with E-state index in [2.05, 4.69) is 9.80 Å². The molecule has 4 rings (SSSR count). The van der Waals surface area contributed by atoms with Crippen LogP contribution in [0.5, 0.6) is 0 Å². The van der Waals surface area contributed by atoms with Crippen molar-refractivity contribution in [3.05, 3.63) is 66.0 Å². The molecule has 136 valence electrons. The molecule has 2 fully saturated rings. The van der Waals surface area contributed by atoms with Gasteiger partial charge in [-0.25, -0.2) is 4.39 Å². The van der Waals surface area contributed by atoms with E-state index in [0.717, 1.165) is 56.7 Å². The maximum absolute atomic E-state index is 13.1. The molecule has 3 nitrogen and oxygen atoms in total. The van der Waals surface area contributed by atoms with E-state index in [1.165, 1.54) is 12.1 Å². The first kappa shape index (κ1) is 17.2. The Hall–Kier alpha value is -2.20. The highest BCUT2D eigenvalue weighted by Gasteiger charge is 2.33. The fourth-order valence-electron chi connectivity index (χ4n) is 4.32. The van der Waals surface area contributed by atoms with Crippen molar-refractivity contribution in [3.8, 4) is 0 Å². The fraction of sp³-hybridized carbons (Fsp3) is 0.409. The summed E-state index contributed by atoms with van der Waals surface area (Å²) in [7, 11) is 0. The maximum Gasteiger partial charge on any atom is 0.167 e. The lowest BCUT2D eigenvalue weighted by molar-refractivity contribution is 0.0770. The molecule has 0 bridgehead atoms. The van der Waals surface area contributed by atoms with Crippen molar-refractivity contribution >= 4 is 11.5 Å². The number of benzene rings is 2. The first-order chi connectivity index (χ1) is 12.7. The van der Waals surface area contributed by atoms with E-state index in [4.69, 9.17) is 0 Å². The van der Waals surface area contributed by atoms with E-state index in [0.29, 0.717) is 6.04 Å². The Bertz CT molecular complexity index is 746. The van der Waals surface area contributed by atoms with E-state index in [1.54, 1.807) is 0 Å². The molecule has 0 spiro atoms. The zero-order chi connectivity index (χ0) is 17.9. The summed E-state index contributed by atoms with van der Waals surface area (Å²) >= 11 is 0. The molecule has 0 radical (unpaired) electrons. The minimum atomic E-state index is -0.192. The Morgan fingerprint density at radius 3 is 2.46 bits per heavy atom. The van der Waals surface area contributed by atoms with Gasteiger partial charge in [0, 0.05) is 42.8 Å². The van der Waals surface area contributed by atoms with Crippen LogP contribution in [0.4, 0.5) is 10.1 Å². The van der Waals surface area contributed by atoms with Crippen LogP contribution in [0.1, 0.15) is 29.6 Å². The van der Waals surface area contributed by atoms with Gasteiger partial charge in [0.1, 0.15) is 5.82 Å². The van der Waals surface area contributed by atoms with Crippen LogP contribution in [0.15, 0.2) is 54.6 Å². The second kappa shape index (κ2) is 7.58. The normalized spacial score (nSPS) is 24.0. The van der Waals surface area contributed by atoms with Crippen molar-refractivity contribution in [1.29, 1.82) is 0 Å². The molecule has 2 aliphatic heterocycles. The van der Waals surface area contributed by atoms with Crippen LogP contribution in [0.3, 0.4) is 0 Å². The van der Waals surface area contributed by atoms with Gasteiger partial charge in [-0.15, -0.1) is 0 Å². The zero-order valence-electron chi connectivity index (χ0n) is 15.0. The first-order valence-electron chi connectivity index (χ1n) is 9.54. The van der Waals surface area contributed by atoms with Crippen LogP contribution in [0, 0.1) is 11.7 Å². The summed E-state index contributed by atoms with van der Waals surface area (Å²) in [5, 5.41) is 0.